The van der Waals surface area contributed by atoms with Crippen LogP contribution in [-0.2, 0) is 30.6 Å². The Morgan fingerprint density at radius 2 is 2.10 bits per heavy atom. The number of β-lactam (4-membered cyclic amide) rings is 1. The van der Waals surface area contributed by atoms with Crippen molar-refractivity contribution in [2.24, 2.45) is 5.16 Å². The molecule has 0 radical (unpaired) electrons. The molecular formula is C22H25N9O7S3. The molecule has 41 heavy (non-hydrogen) atoms. The normalized spacial score (nSPS) is 18.5. The van der Waals surface area contributed by atoms with Crippen LogP contribution in [-0.4, -0.2) is 79.0 Å². The van der Waals surface area contributed by atoms with E-state index in [0.717, 1.165) is 16.2 Å². The van der Waals surface area contributed by atoms with Gasteiger partial charge in [-0.1, -0.05) is 21.9 Å². The monoisotopic (exact) mass is 623 g/mol. The summed E-state index contributed by atoms with van der Waals surface area (Å²) in [5.41, 5.74) is 17.4. The van der Waals surface area contributed by atoms with Gasteiger partial charge >= 0.3 is 11.9 Å². The molecule has 1 saturated heterocycles. The number of hydrogen-bond donors (Lipinski definition) is 5. The average Bonchev–Trinajstić information content (AvgIpc) is 3.34. The van der Waals surface area contributed by atoms with Crippen molar-refractivity contribution in [1.29, 1.82) is 0 Å². The quantitative estimate of drug-likeness (QED) is 0.0325. The van der Waals surface area contributed by atoms with Gasteiger partial charge in [-0.25, -0.2) is 9.55 Å². The zero-order chi connectivity index (χ0) is 29.8. The van der Waals surface area contributed by atoms with Crippen molar-refractivity contribution in [3.05, 3.63) is 28.4 Å². The predicted octanol–water partition coefficient (Wildman–Crippen LogP) is -2.02. The van der Waals surface area contributed by atoms with E-state index in [1.807, 2.05) is 6.92 Å². The van der Waals surface area contributed by atoms with Gasteiger partial charge in [0.25, 0.3) is 11.8 Å². The summed E-state index contributed by atoms with van der Waals surface area (Å²) in [5, 5.41) is 28.7. The molecule has 8 N–H and O–H groups in total. The summed E-state index contributed by atoms with van der Waals surface area (Å²) in [7, 11) is 0. The number of amides is 2. The highest BCUT2D eigenvalue weighted by Crippen LogP contribution is 2.41. The summed E-state index contributed by atoms with van der Waals surface area (Å²) in [5.74, 6) is -3.23. The van der Waals surface area contributed by atoms with Gasteiger partial charge in [-0.3, -0.25) is 25.0 Å². The molecule has 0 bridgehead atoms. The lowest BCUT2D eigenvalue weighted by Gasteiger charge is -2.50. The van der Waals surface area contributed by atoms with E-state index in [1.165, 1.54) is 28.9 Å². The number of nitrogens with two attached hydrogens (primary N) is 3. The molecule has 1 fully saturated rings. The van der Waals surface area contributed by atoms with E-state index in [9.17, 15) is 24.3 Å². The third kappa shape index (κ3) is 6.46. The fourth-order valence-electron chi connectivity index (χ4n) is 3.98. The van der Waals surface area contributed by atoms with Crippen LogP contribution < -0.4 is 32.2 Å². The summed E-state index contributed by atoms with van der Waals surface area (Å²) >= 11 is 3.61. The van der Waals surface area contributed by atoms with E-state index in [4.69, 9.17) is 27.1 Å². The molecule has 16 nitrogen and oxygen atoms in total. The van der Waals surface area contributed by atoms with E-state index in [-0.39, 0.29) is 58.5 Å². The van der Waals surface area contributed by atoms with E-state index in [1.54, 1.807) is 10.6 Å². The van der Waals surface area contributed by atoms with Crippen molar-refractivity contribution in [1.82, 2.24) is 20.2 Å². The molecule has 2 amide bonds. The topological polar surface area (TPSA) is 256 Å². The number of rotatable bonds is 12. The number of aromatic nitrogens is 3. The Bertz CT molecular complexity index is 1460. The molecule has 2 aromatic heterocycles. The van der Waals surface area contributed by atoms with Gasteiger partial charge in [0.2, 0.25) is 5.82 Å². The third-order valence-electron chi connectivity index (χ3n) is 5.84. The summed E-state index contributed by atoms with van der Waals surface area (Å²) in [6, 6.07) is 0.557. The van der Waals surface area contributed by atoms with Crippen LogP contribution in [0.1, 0.15) is 19.0 Å². The van der Waals surface area contributed by atoms with Crippen LogP contribution in [0, 0.1) is 0 Å². The lowest BCUT2D eigenvalue weighted by atomic mass is 10.0. The highest BCUT2D eigenvalue weighted by Gasteiger charge is 2.53. The standard InChI is InChI=1S/C22H25N9O7S3/c1-2-30-12(5-11(23)27-21(30)24)39-6-9-7-40-19-15(18(35)31(19)16(9)20(36)37)28-17(34)14(10-8-41-22(25)26-10)29-38-4-3-13(32)33/h5,8,15,19H,2-4,6-7H2,1H3,(H8,23,24,25,26,27,28,32,33,34,36,37)/b29-14-/t15-,19-/m1/s1. The second kappa shape index (κ2) is 12.6. The summed E-state index contributed by atoms with van der Waals surface area (Å²) in [4.78, 5) is 63.2. The number of anilines is 3. The van der Waals surface area contributed by atoms with Gasteiger partial charge in [-0.2, -0.15) is 0 Å². The van der Waals surface area contributed by atoms with E-state index in [0.29, 0.717) is 17.1 Å². The number of nitrogens with one attached hydrogen (secondary N) is 1. The number of aliphatic carboxylic acids is 2. The van der Waals surface area contributed by atoms with Gasteiger partial charge < -0.3 is 36.6 Å². The molecule has 0 spiro atoms. The summed E-state index contributed by atoms with van der Waals surface area (Å²) in [6.45, 7) is 2.08. The first-order valence-electron chi connectivity index (χ1n) is 11.9. The molecule has 2 atom stereocenters. The Hall–Kier alpha value is -4.10. The molecule has 0 aliphatic carbocycles. The van der Waals surface area contributed by atoms with Crippen molar-refractivity contribution in [2.75, 3.05) is 35.3 Å². The number of nitrogens with zero attached hydrogens (tertiary/aromatic N) is 5. The van der Waals surface area contributed by atoms with Gasteiger partial charge in [0.05, 0.1) is 24.6 Å². The Kier molecular flexibility index (Phi) is 9.18. The van der Waals surface area contributed by atoms with Crippen LogP contribution >= 0.6 is 34.9 Å². The second-order valence-electron chi connectivity index (χ2n) is 8.50. The van der Waals surface area contributed by atoms with Gasteiger partial charge in [-0.15, -0.1) is 23.1 Å². The smallest absolute Gasteiger partial charge is 0.392 e. The van der Waals surface area contributed by atoms with Crippen LogP contribution in [0.2, 0.25) is 0 Å². The molecule has 2 aromatic rings. The van der Waals surface area contributed by atoms with Crippen LogP contribution in [0.5, 0.6) is 0 Å². The van der Waals surface area contributed by atoms with Crippen LogP contribution in [0.3, 0.4) is 0 Å². The van der Waals surface area contributed by atoms with Crippen LogP contribution in [0.15, 0.2) is 32.9 Å². The highest BCUT2D eigenvalue weighted by molar-refractivity contribution is 8.01. The first-order valence-corrected chi connectivity index (χ1v) is 14.8. The molecule has 4 heterocycles. The first-order chi connectivity index (χ1) is 19.5. The van der Waals surface area contributed by atoms with Gasteiger partial charge in [0.15, 0.2) is 10.8 Å². The van der Waals surface area contributed by atoms with E-state index < -0.39 is 35.2 Å². The van der Waals surface area contributed by atoms with Crippen molar-refractivity contribution in [3.63, 3.8) is 0 Å². The first kappa shape index (κ1) is 29.9. The number of nitrogen functional groups attached to an aromatic ring is 3. The predicted molar refractivity (Wildman–Crippen MR) is 148 cm³/mol. The molecule has 0 unspecified atom stereocenters. The largest absolute Gasteiger partial charge is 0.543 e. The number of carboxylic acid groups (broad SMARTS) is 2. The minimum absolute atomic E-state index is 0.0663. The molecular weight excluding hydrogens is 598 g/mol. The van der Waals surface area contributed by atoms with E-state index >= 15 is 0 Å². The SMILES string of the molecule is CC[n+]1c(SCC2=C(C(=O)[O-])N3C(=O)[C@@H](NC(=O)/C(=N\OCCC(=O)O)c4csc(N)n4)[C@H]3SC2)cc(N)nc1N. The molecule has 0 saturated carbocycles. The maximum Gasteiger partial charge on any atom is 0.392 e. The zero-order valence-electron chi connectivity index (χ0n) is 21.4. The third-order valence-corrected chi connectivity index (χ3v) is 8.98. The maximum atomic E-state index is 13.1. The fraction of sp³-hybridized carbons (Fsp3) is 0.364. The van der Waals surface area contributed by atoms with Gasteiger partial charge in [0.1, 0.15) is 28.7 Å². The van der Waals surface area contributed by atoms with Gasteiger partial charge in [0, 0.05) is 23.0 Å². The lowest BCUT2D eigenvalue weighted by molar-refractivity contribution is -0.717. The lowest BCUT2D eigenvalue weighted by Crippen LogP contribution is -2.71. The molecule has 2 aliphatic rings. The second-order valence-corrected chi connectivity index (χ2v) is 11.5. The van der Waals surface area contributed by atoms with Crippen molar-refractivity contribution in [3.8, 4) is 0 Å². The van der Waals surface area contributed by atoms with E-state index in [2.05, 4.69) is 20.4 Å². The zero-order valence-corrected chi connectivity index (χ0v) is 23.9. The van der Waals surface area contributed by atoms with Crippen molar-refractivity contribution >= 4 is 81.2 Å². The van der Waals surface area contributed by atoms with Crippen molar-refractivity contribution in [2.45, 2.75) is 36.3 Å². The fourth-order valence-corrected chi connectivity index (χ4v) is 7.14. The number of thiazole rings is 1. The Labute approximate surface area is 245 Å². The molecule has 2 aliphatic heterocycles. The average molecular weight is 624 g/mol. The summed E-state index contributed by atoms with van der Waals surface area (Å²) < 4.78 is 1.72. The number of thioether (sulfide) groups is 2. The summed E-state index contributed by atoms with van der Waals surface area (Å²) in [6.07, 6.45) is -0.355. The molecule has 218 valence electrons. The minimum Gasteiger partial charge on any atom is -0.543 e. The number of carbonyl (C=O) groups excluding carboxylic acids is 3. The number of hydrogen-bond acceptors (Lipinski definition) is 15. The van der Waals surface area contributed by atoms with Crippen molar-refractivity contribution < 1.29 is 38.8 Å². The van der Waals surface area contributed by atoms with Gasteiger partial charge in [-0.05, 0) is 12.5 Å². The number of oxime groups is 1. The minimum atomic E-state index is -1.52. The molecule has 0 aromatic carbocycles. The molecule has 19 heteroatoms. The van der Waals surface area contributed by atoms with Crippen LogP contribution in [0.4, 0.5) is 16.9 Å². The number of carbonyl (C=O) groups is 4. The Morgan fingerprint density at radius 3 is 2.73 bits per heavy atom. The Balaban J connectivity index is 1.50. The van der Waals surface area contributed by atoms with Crippen LogP contribution in [0.25, 0.3) is 0 Å². The number of fused-ring (bicyclic) bond motifs is 1. The Morgan fingerprint density at radius 1 is 1.34 bits per heavy atom. The molecule has 4 rings (SSSR count). The highest BCUT2D eigenvalue weighted by atomic mass is 32.2. The maximum absolute atomic E-state index is 13.1. The number of carboxylic acids is 2.